The number of aromatic nitrogens is 4. The van der Waals surface area contributed by atoms with Crippen LogP contribution in [0, 0.1) is 12.8 Å². The first-order valence-electron chi connectivity index (χ1n) is 11.0. The topological polar surface area (TPSA) is 64.3 Å². The molecule has 1 aromatic carbocycles. The molecule has 3 aromatic heterocycles. The van der Waals surface area contributed by atoms with Gasteiger partial charge in [-0.3, -0.25) is 0 Å². The molecular weight excluding hydrogens is 386 g/mol. The molecule has 2 aliphatic rings. The van der Waals surface area contributed by atoms with E-state index in [2.05, 4.69) is 41.5 Å². The Bertz CT molecular complexity index is 1240. The molecule has 6 heteroatoms. The Morgan fingerprint density at radius 2 is 1.90 bits per heavy atom. The van der Waals surface area contributed by atoms with Crippen LogP contribution < -0.4 is 10.1 Å². The standard InChI is InChI=1S/C25H25N5O/c1-16-11-13-30-22(14-16)23(21-10-12-26-25(28-21)27-19-6-7-19)24(29-30)18-4-8-20(9-5-18)31-15-17-2-3-17/h4-5,8-14,17,19H,2-3,6-7,15H2,1H3,(H,26,27,28). The molecule has 6 rings (SSSR count). The number of fused-ring (bicyclic) bond motifs is 1. The summed E-state index contributed by atoms with van der Waals surface area (Å²) in [4.78, 5) is 9.25. The highest BCUT2D eigenvalue weighted by molar-refractivity contribution is 5.91. The molecule has 4 aromatic rings. The van der Waals surface area contributed by atoms with E-state index in [1.165, 1.54) is 31.2 Å². The lowest BCUT2D eigenvalue weighted by molar-refractivity contribution is 0.300. The number of rotatable bonds is 7. The van der Waals surface area contributed by atoms with Gasteiger partial charge in [-0.1, -0.05) is 0 Å². The number of hydrogen-bond acceptors (Lipinski definition) is 5. The van der Waals surface area contributed by atoms with Crippen molar-refractivity contribution >= 4 is 11.5 Å². The monoisotopic (exact) mass is 411 g/mol. The van der Waals surface area contributed by atoms with Crippen LogP contribution in [0.1, 0.15) is 31.2 Å². The number of hydrogen-bond donors (Lipinski definition) is 1. The Morgan fingerprint density at radius 3 is 2.68 bits per heavy atom. The number of nitrogens with one attached hydrogen (secondary N) is 1. The highest BCUT2D eigenvalue weighted by atomic mass is 16.5. The quantitative estimate of drug-likeness (QED) is 0.457. The van der Waals surface area contributed by atoms with Crippen LogP contribution in [-0.2, 0) is 0 Å². The van der Waals surface area contributed by atoms with Gasteiger partial charge in [0.2, 0.25) is 5.95 Å². The molecule has 156 valence electrons. The summed E-state index contributed by atoms with van der Waals surface area (Å²) in [6, 6.07) is 15.0. The second-order valence-electron chi connectivity index (χ2n) is 8.72. The first kappa shape index (κ1) is 18.4. The summed E-state index contributed by atoms with van der Waals surface area (Å²) in [5.41, 5.74) is 6.09. The molecule has 2 fully saturated rings. The van der Waals surface area contributed by atoms with E-state index in [0.717, 1.165) is 46.3 Å². The maximum Gasteiger partial charge on any atom is 0.223 e. The number of aryl methyl sites for hydroxylation is 1. The zero-order chi connectivity index (χ0) is 20.8. The van der Waals surface area contributed by atoms with Crippen LogP contribution >= 0.6 is 0 Å². The average Bonchev–Trinajstić information content (AvgIpc) is 3.72. The van der Waals surface area contributed by atoms with Gasteiger partial charge in [0.15, 0.2) is 0 Å². The zero-order valence-electron chi connectivity index (χ0n) is 17.6. The minimum atomic E-state index is 0.504. The third kappa shape index (κ3) is 3.85. The van der Waals surface area contributed by atoms with Crippen molar-refractivity contribution in [3.63, 3.8) is 0 Å². The summed E-state index contributed by atoms with van der Waals surface area (Å²) in [7, 11) is 0. The smallest absolute Gasteiger partial charge is 0.223 e. The van der Waals surface area contributed by atoms with Crippen molar-refractivity contribution in [2.45, 2.75) is 38.6 Å². The summed E-state index contributed by atoms with van der Waals surface area (Å²) in [5.74, 6) is 2.33. The van der Waals surface area contributed by atoms with Crippen molar-refractivity contribution in [2.75, 3.05) is 11.9 Å². The normalized spacial score (nSPS) is 15.9. The SMILES string of the molecule is Cc1ccn2nc(-c3ccc(OCC4CC4)cc3)c(-c3ccnc(NC4CC4)n3)c2c1. The van der Waals surface area contributed by atoms with Crippen LogP contribution in [0.2, 0.25) is 0 Å². The van der Waals surface area contributed by atoms with Crippen LogP contribution in [0.4, 0.5) is 5.95 Å². The summed E-state index contributed by atoms with van der Waals surface area (Å²) in [5, 5.41) is 8.32. The van der Waals surface area contributed by atoms with Crippen LogP contribution in [0.15, 0.2) is 54.9 Å². The number of pyridine rings is 1. The predicted molar refractivity (Wildman–Crippen MR) is 121 cm³/mol. The minimum Gasteiger partial charge on any atom is -0.493 e. The van der Waals surface area contributed by atoms with Crippen LogP contribution in [-0.4, -0.2) is 32.2 Å². The summed E-state index contributed by atoms with van der Waals surface area (Å²) < 4.78 is 7.85. The second kappa shape index (κ2) is 7.38. The zero-order valence-corrected chi connectivity index (χ0v) is 17.6. The average molecular weight is 412 g/mol. The molecule has 3 heterocycles. The van der Waals surface area contributed by atoms with Crippen molar-refractivity contribution in [3.05, 3.63) is 60.4 Å². The molecule has 0 radical (unpaired) electrons. The van der Waals surface area contributed by atoms with E-state index in [9.17, 15) is 0 Å². The number of benzene rings is 1. The van der Waals surface area contributed by atoms with Crippen molar-refractivity contribution in [2.24, 2.45) is 5.92 Å². The van der Waals surface area contributed by atoms with E-state index in [4.69, 9.17) is 14.8 Å². The predicted octanol–water partition coefficient (Wildman–Crippen LogP) is 5.13. The number of anilines is 1. The Balaban J connectivity index is 1.42. The third-order valence-electron chi connectivity index (χ3n) is 5.92. The lowest BCUT2D eigenvalue weighted by atomic mass is 10.0. The first-order valence-corrected chi connectivity index (χ1v) is 11.0. The van der Waals surface area contributed by atoms with Gasteiger partial charge in [0, 0.05) is 24.0 Å². The molecule has 0 unspecified atom stereocenters. The van der Waals surface area contributed by atoms with E-state index < -0.39 is 0 Å². The molecule has 0 saturated heterocycles. The molecule has 2 aliphatic carbocycles. The van der Waals surface area contributed by atoms with Gasteiger partial charge in [-0.25, -0.2) is 14.5 Å². The molecular formula is C25H25N5O. The van der Waals surface area contributed by atoms with E-state index >= 15 is 0 Å². The summed E-state index contributed by atoms with van der Waals surface area (Å²) >= 11 is 0. The fourth-order valence-electron chi connectivity index (χ4n) is 3.79. The third-order valence-corrected chi connectivity index (χ3v) is 5.92. The first-order chi connectivity index (χ1) is 15.2. The molecule has 0 aliphatic heterocycles. The van der Waals surface area contributed by atoms with Gasteiger partial charge in [0.1, 0.15) is 11.4 Å². The molecule has 0 atom stereocenters. The van der Waals surface area contributed by atoms with Crippen LogP contribution in [0.3, 0.4) is 0 Å². The lowest BCUT2D eigenvalue weighted by Crippen LogP contribution is -2.05. The van der Waals surface area contributed by atoms with Crippen LogP contribution in [0.25, 0.3) is 28.0 Å². The largest absolute Gasteiger partial charge is 0.493 e. The molecule has 2 saturated carbocycles. The van der Waals surface area contributed by atoms with Gasteiger partial charge in [0.25, 0.3) is 0 Å². The summed E-state index contributed by atoms with van der Waals surface area (Å²) in [6.07, 6.45) is 8.78. The summed E-state index contributed by atoms with van der Waals surface area (Å²) in [6.45, 7) is 2.92. The molecule has 1 N–H and O–H groups in total. The van der Waals surface area contributed by atoms with Crippen molar-refractivity contribution < 1.29 is 4.74 Å². The minimum absolute atomic E-state index is 0.504. The van der Waals surface area contributed by atoms with Crippen LogP contribution in [0.5, 0.6) is 5.75 Å². The Kier molecular flexibility index (Phi) is 4.37. The molecule has 6 nitrogen and oxygen atoms in total. The maximum atomic E-state index is 5.91. The van der Waals surface area contributed by atoms with Crippen molar-refractivity contribution in [1.82, 2.24) is 19.6 Å². The van der Waals surface area contributed by atoms with E-state index in [1.54, 1.807) is 0 Å². The van der Waals surface area contributed by atoms with Gasteiger partial charge in [-0.15, -0.1) is 0 Å². The van der Waals surface area contributed by atoms with Gasteiger partial charge < -0.3 is 10.1 Å². The molecule has 0 amide bonds. The van der Waals surface area contributed by atoms with E-state index in [1.807, 2.05) is 35.1 Å². The fraction of sp³-hybridized carbons (Fsp3) is 0.320. The fourth-order valence-corrected chi connectivity index (χ4v) is 3.79. The van der Waals surface area contributed by atoms with Crippen molar-refractivity contribution in [3.8, 4) is 28.3 Å². The maximum absolute atomic E-state index is 5.91. The molecule has 31 heavy (non-hydrogen) atoms. The van der Waals surface area contributed by atoms with E-state index in [0.29, 0.717) is 12.0 Å². The van der Waals surface area contributed by atoms with Crippen molar-refractivity contribution in [1.29, 1.82) is 0 Å². The highest BCUT2D eigenvalue weighted by Gasteiger charge is 2.24. The second-order valence-corrected chi connectivity index (χ2v) is 8.72. The molecule has 0 spiro atoms. The van der Waals surface area contributed by atoms with Gasteiger partial charge in [-0.2, -0.15) is 5.10 Å². The Hall–Kier alpha value is -3.41. The van der Waals surface area contributed by atoms with E-state index in [-0.39, 0.29) is 0 Å². The number of ether oxygens (including phenoxy) is 1. The molecule has 0 bridgehead atoms. The number of nitrogens with zero attached hydrogens (tertiary/aromatic N) is 4. The van der Waals surface area contributed by atoms with Gasteiger partial charge in [-0.05, 0) is 86.6 Å². The lowest BCUT2D eigenvalue weighted by Gasteiger charge is -2.08. The van der Waals surface area contributed by atoms with Gasteiger partial charge >= 0.3 is 0 Å². The van der Waals surface area contributed by atoms with Gasteiger partial charge in [0.05, 0.1) is 23.4 Å². The Labute approximate surface area is 181 Å². The highest BCUT2D eigenvalue weighted by Crippen LogP contribution is 2.36. The Morgan fingerprint density at radius 1 is 1.06 bits per heavy atom.